The Morgan fingerprint density at radius 2 is 1.83 bits per heavy atom. The Kier molecular flexibility index (Phi) is 8.23. The van der Waals surface area contributed by atoms with Gasteiger partial charge in [0.2, 0.25) is 0 Å². The quantitative estimate of drug-likeness (QED) is 0.355. The van der Waals surface area contributed by atoms with Crippen molar-refractivity contribution >= 4 is 28.3 Å². The molecule has 2 aliphatic heterocycles. The van der Waals surface area contributed by atoms with Gasteiger partial charge in [0.25, 0.3) is 5.91 Å². The number of amides is 1. The summed E-state index contributed by atoms with van der Waals surface area (Å²) in [7, 11) is 1.71. The predicted molar refractivity (Wildman–Crippen MR) is 163 cm³/mol. The lowest BCUT2D eigenvalue weighted by Gasteiger charge is -2.35. The van der Waals surface area contributed by atoms with Gasteiger partial charge in [-0.25, -0.2) is 4.98 Å². The zero-order chi connectivity index (χ0) is 29.4. The van der Waals surface area contributed by atoms with Crippen molar-refractivity contribution in [2.24, 2.45) is 17.8 Å². The van der Waals surface area contributed by atoms with Crippen LogP contribution in [0.3, 0.4) is 0 Å². The number of carbonyl (C=O) groups excluding carboxylic acids is 1. The number of anilines is 1. The number of benzene rings is 2. The maximum atomic E-state index is 13.1. The summed E-state index contributed by atoms with van der Waals surface area (Å²) in [5, 5.41) is 12.7. The van der Waals surface area contributed by atoms with E-state index in [1.165, 1.54) is 0 Å². The van der Waals surface area contributed by atoms with Crippen molar-refractivity contribution in [3.8, 4) is 17.0 Å². The number of aryl methyl sites for hydroxylation is 2. The number of carboxylic acids is 1. The number of ether oxygens (including phenoxy) is 2. The Morgan fingerprint density at radius 1 is 1.05 bits per heavy atom. The van der Waals surface area contributed by atoms with Crippen molar-refractivity contribution in [2.75, 3.05) is 38.2 Å². The van der Waals surface area contributed by atoms with Crippen LogP contribution in [0.1, 0.15) is 52.7 Å². The third kappa shape index (κ3) is 5.77. The second kappa shape index (κ2) is 12.1. The van der Waals surface area contributed by atoms with Crippen LogP contribution in [0.2, 0.25) is 0 Å². The Balaban J connectivity index is 1.15. The van der Waals surface area contributed by atoms with Gasteiger partial charge in [-0.1, -0.05) is 17.7 Å². The van der Waals surface area contributed by atoms with Gasteiger partial charge in [-0.15, -0.1) is 11.3 Å². The molecule has 9 heteroatoms. The van der Waals surface area contributed by atoms with Gasteiger partial charge in [-0.2, -0.15) is 0 Å². The van der Waals surface area contributed by atoms with Crippen LogP contribution >= 0.6 is 11.3 Å². The number of aliphatic carboxylic acids is 1. The van der Waals surface area contributed by atoms with Crippen LogP contribution in [-0.4, -0.2) is 66.3 Å². The number of carboxylic acid groups (broad SMARTS) is 1. The number of nitrogens with zero attached hydrogens (tertiary/aromatic N) is 3. The number of hydrogen-bond acceptors (Lipinski definition) is 7. The zero-order valence-corrected chi connectivity index (χ0v) is 25.4. The van der Waals surface area contributed by atoms with E-state index in [1.54, 1.807) is 18.4 Å². The SMILES string of the molecule is COC1CCCN(C(=O)c2ccc(COc3ccc(C)cc3-c3csc(N4C[C@@H]5CC[C@@H](C4)C5C(=O)O)n3)c(C)c2)C1. The number of likely N-dealkylation sites (tertiary alicyclic amines) is 1. The van der Waals surface area contributed by atoms with Crippen LogP contribution in [-0.2, 0) is 16.1 Å². The van der Waals surface area contributed by atoms with Gasteiger partial charge in [0.15, 0.2) is 5.13 Å². The summed E-state index contributed by atoms with van der Waals surface area (Å²) >= 11 is 1.61. The zero-order valence-electron chi connectivity index (χ0n) is 24.5. The van der Waals surface area contributed by atoms with Gasteiger partial charge < -0.3 is 24.4 Å². The third-order valence-electron chi connectivity index (χ3n) is 9.26. The molecule has 2 saturated heterocycles. The lowest BCUT2D eigenvalue weighted by atomic mass is 9.85. The van der Waals surface area contributed by atoms with E-state index in [9.17, 15) is 14.7 Å². The van der Waals surface area contributed by atoms with Crippen molar-refractivity contribution in [1.82, 2.24) is 9.88 Å². The second-order valence-corrected chi connectivity index (χ2v) is 12.9. The summed E-state index contributed by atoms with van der Waals surface area (Å²) in [6.07, 6.45) is 4.01. The highest BCUT2D eigenvalue weighted by Gasteiger charge is 2.46. The molecule has 3 heterocycles. The molecule has 6 rings (SSSR count). The Hall–Kier alpha value is -3.43. The highest BCUT2D eigenvalue weighted by atomic mass is 32.1. The first-order valence-corrected chi connectivity index (χ1v) is 15.8. The largest absolute Gasteiger partial charge is 0.488 e. The lowest BCUT2D eigenvalue weighted by Crippen LogP contribution is -2.44. The molecule has 1 aliphatic carbocycles. The number of piperidine rings is 2. The molecule has 3 aliphatic rings. The second-order valence-electron chi connectivity index (χ2n) is 12.1. The first-order chi connectivity index (χ1) is 20.3. The standard InChI is InChI=1S/C33H39N3O5S/c1-20-6-11-29(41-18-25-10-7-22(14-21(25)2)31(37)35-12-4-5-26(17-35)40-3)27(13-20)28-19-42-33(34-28)36-15-23-8-9-24(16-36)30(23)32(38)39/h6-7,10-11,13-14,19,23-24,26,30H,4-5,8-9,12,15-18H2,1-3H3,(H,38,39)/t23-,24-,26?/m0/s1. The molecule has 2 aromatic carbocycles. The highest BCUT2D eigenvalue weighted by Crippen LogP contribution is 2.44. The van der Waals surface area contributed by atoms with Crippen LogP contribution in [0.15, 0.2) is 41.8 Å². The lowest BCUT2D eigenvalue weighted by molar-refractivity contribution is -0.144. The van der Waals surface area contributed by atoms with Gasteiger partial charge in [0.1, 0.15) is 12.4 Å². The predicted octanol–water partition coefficient (Wildman–Crippen LogP) is 5.80. The summed E-state index contributed by atoms with van der Waals surface area (Å²) < 4.78 is 11.9. The van der Waals surface area contributed by atoms with Crippen LogP contribution < -0.4 is 9.64 Å². The molecule has 1 saturated carbocycles. The molecule has 1 aromatic heterocycles. The normalized spacial score (nSPS) is 23.7. The van der Waals surface area contributed by atoms with E-state index in [0.29, 0.717) is 18.7 Å². The molecular formula is C33H39N3O5S. The summed E-state index contributed by atoms with van der Waals surface area (Å²) in [5.41, 5.74) is 5.69. The molecule has 2 bridgehead atoms. The topological polar surface area (TPSA) is 92.2 Å². The minimum atomic E-state index is -0.651. The molecule has 222 valence electrons. The van der Waals surface area contributed by atoms with Gasteiger partial charge in [-0.3, -0.25) is 9.59 Å². The van der Waals surface area contributed by atoms with Gasteiger partial charge in [0, 0.05) is 49.8 Å². The van der Waals surface area contributed by atoms with Gasteiger partial charge in [-0.05, 0) is 86.8 Å². The van der Waals surface area contributed by atoms with E-state index < -0.39 is 5.97 Å². The fourth-order valence-corrected chi connectivity index (χ4v) is 7.77. The number of aromatic nitrogens is 1. The molecule has 8 nitrogen and oxygen atoms in total. The summed E-state index contributed by atoms with van der Waals surface area (Å²) in [4.78, 5) is 34.1. The minimum Gasteiger partial charge on any atom is -0.488 e. The third-order valence-corrected chi connectivity index (χ3v) is 10.2. The molecule has 1 N–H and O–H groups in total. The molecule has 3 fully saturated rings. The van der Waals surface area contributed by atoms with Crippen molar-refractivity contribution in [1.29, 1.82) is 0 Å². The summed E-state index contributed by atoms with van der Waals surface area (Å²) in [6.45, 7) is 7.36. The molecule has 1 amide bonds. The van der Waals surface area contributed by atoms with Crippen LogP contribution in [0.25, 0.3) is 11.3 Å². The van der Waals surface area contributed by atoms with E-state index in [1.807, 2.05) is 42.2 Å². The maximum Gasteiger partial charge on any atom is 0.307 e. The average Bonchev–Trinajstić information content (AvgIpc) is 3.59. The number of carbonyl (C=O) groups is 2. The maximum absolute atomic E-state index is 13.1. The number of thiazole rings is 1. The van der Waals surface area contributed by atoms with E-state index in [2.05, 4.69) is 23.3 Å². The van der Waals surface area contributed by atoms with Crippen molar-refractivity contribution in [3.63, 3.8) is 0 Å². The number of rotatable bonds is 8. The monoisotopic (exact) mass is 589 g/mol. The number of fused-ring (bicyclic) bond motifs is 2. The first kappa shape index (κ1) is 28.7. The fourth-order valence-electron chi connectivity index (χ4n) is 6.93. The molecule has 3 atom stereocenters. The summed E-state index contributed by atoms with van der Waals surface area (Å²) in [6, 6.07) is 12.0. The number of methoxy groups -OCH3 is 1. The van der Waals surface area contributed by atoms with E-state index in [4.69, 9.17) is 14.5 Å². The Labute approximate surface area is 251 Å². The fraction of sp³-hybridized carbons (Fsp3) is 0.485. The smallest absolute Gasteiger partial charge is 0.307 e. The van der Waals surface area contributed by atoms with Crippen LogP contribution in [0.5, 0.6) is 5.75 Å². The molecule has 0 radical (unpaired) electrons. The molecule has 1 unspecified atom stereocenters. The van der Waals surface area contributed by atoms with Crippen molar-refractivity contribution in [3.05, 3.63) is 64.0 Å². The van der Waals surface area contributed by atoms with Crippen LogP contribution in [0.4, 0.5) is 5.13 Å². The van der Waals surface area contributed by atoms with E-state index in [0.717, 1.165) is 84.1 Å². The molecule has 3 aromatic rings. The van der Waals surface area contributed by atoms with E-state index in [-0.39, 0.29) is 29.8 Å². The summed E-state index contributed by atoms with van der Waals surface area (Å²) in [5.74, 6) is 0.327. The number of hydrogen-bond donors (Lipinski definition) is 1. The Bertz CT molecular complexity index is 1460. The average molecular weight is 590 g/mol. The minimum absolute atomic E-state index is 0.0488. The molecule has 42 heavy (non-hydrogen) atoms. The van der Waals surface area contributed by atoms with Gasteiger partial charge >= 0.3 is 5.97 Å². The molecular weight excluding hydrogens is 550 g/mol. The van der Waals surface area contributed by atoms with Crippen molar-refractivity contribution in [2.45, 2.75) is 52.2 Å². The molecule has 0 spiro atoms. The van der Waals surface area contributed by atoms with Crippen LogP contribution in [0, 0.1) is 31.6 Å². The van der Waals surface area contributed by atoms with E-state index >= 15 is 0 Å². The van der Waals surface area contributed by atoms with Crippen molar-refractivity contribution < 1.29 is 24.2 Å². The van der Waals surface area contributed by atoms with Gasteiger partial charge in [0.05, 0.1) is 17.7 Å². The first-order valence-electron chi connectivity index (χ1n) is 14.9. The Morgan fingerprint density at radius 3 is 2.55 bits per heavy atom. The highest BCUT2D eigenvalue weighted by molar-refractivity contribution is 7.14.